The van der Waals surface area contributed by atoms with Crippen LogP contribution in [0.3, 0.4) is 0 Å². The highest BCUT2D eigenvalue weighted by Crippen LogP contribution is 2.34. The number of methoxy groups -OCH3 is 1. The second-order valence-corrected chi connectivity index (χ2v) is 6.89. The van der Waals surface area contributed by atoms with Crippen molar-refractivity contribution in [3.8, 4) is 11.3 Å². The molecular weight excluding hydrogens is 342 g/mol. The van der Waals surface area contributed by atoms with Crippen molar-refractivity contribution in [1.29, 1.82) is 0 Å². The minimum absolute atomic E-state index is 0.138. The average molecular weight is 371 g/mol. The number of nitrogens with zero attached hydrogens (tertiary/aromatic N) is 3. The van der Waals surface area contributed by atoms with Gasteiger partial charge in [0.2, 0.25) is 11.8 Å². The van der Waals surface area contributed by atoms with E-state index in [1.165, 1.54) is 0 Å². The maximum Gasteiger partial charge on any atom is 0.232 e. The molecule has 0 radical (unpaired) electrons. The zero-order valence-corrected chi connectivity index (χ0v) is 16.3. The van der Waals surface area contributed by atoms with E-state index in [-0.39, 0.29) is 5.91 Å². The zero-order chi connectivity index (χ0) is 19.1. The molecule has 1 aliphatic heterocycles. The van der Waals surface area contributed by atoms with Gasteiger partial charge in [0.25, 0.3) is 0 Å². The van der Waals surface area contributed by atoms with E-state index in [1.54, 1.807) is 7.11 Å². The number of hydrogen-bond acceptors (Lipinski definition) is 5. The third-order valence-corrected chi connectivity index (χ3v) is 4.99. The average Bonchev–Trinajstić information content (AvgIpc) is 3.37. The molecule has 0 bridgehead atoms. The fraction of sp³-hybridized carbons (Fsp3) is 0.524. The molecule has 6 nitrogen and oxygen atoms in total. The standard InChI is InChI=1S/C21H29N3O3/c1-3-19(25)24(14-9-15-26-2)16-18-20(17-10-5-4-6-11-17)22-27-21(18)23-12-7-8-13-23/h4-6,10-11H,3,7-9,12-16H2,1-2H3. The first-order valence-corrected chi connectivity index (χ1v) is 9.80. The van der Waals surface area contributed by atoms with Crippen molar-refractivity contribution in [2.24, 2.45) is 0 Å². The van der Waals surface area contributed by atoms with Gasteiger partial charge in [-0.25, -0.2) is 0 Å². The SMILES string of the molecule is CCC(=O)N(CCCOC)Cc1c(-c2ccccc2)noc1N1CCCC1. The predicted octanol–water partition coefficient (Wildman–Crippen LogP) is 3.72. The van der Waals surface area contributed by atoms with E-state index < -0.39 is 0 Å². The Hall–Kier alpha value is -2.34. The summed E-state index contributed by atoms with van der Waals surface area (Å²) in [5, 5.41) is 4.39. The molecule has 1 aromatic carbocycles. The van der Waals surface area contributed by atoms with Crippen molar-refractivity contribution in [1.82, 2.24) is 10.1 Å². The first-order chi connectivity index (χ1) is 13.2. The summed E-state index contributed by atoms with van der Waals surface area (Å²) in [6, 6.07) is 10.0. The molecule has 6 heteroatoms. The first kappa shape index (κ1) is 19.4. The van der Waals surface area contributed by atoms with Gasteiger partial charge >= 0.3 is 0 Å². The van der Waals surface area contributed by atoms with Crippen LogP contribution in [0.25, 0.3) is 11.3 Å². The van der Waals surface area contributed by atoms with E-state index in [1.807, 2.05) is 42.2 Å². The van der Waals surface area contributed by atoms with Crippen LogP contribution in [0.15, 0.2) is 34.9 Å². The van der Waals surface area contributed by atoms with Crippen molar-refractivity contribution in [3.05, 3.63) is 35.9 Å². The molecule has 1 aromatic heterocycles. The molecule has 1 aliphatic rings. The lowest BCUT2D eigenvalue weighted by Gasteiger charge is -2.24. The van der Waals surface area contributed by atoms with Crippen LogP contribution < -0.4 is 4.90 Å². The summed E-state index contributed by atoms with van der Waals surface area (Å²) >= 11 is 0. The number of anilines is 1. The molecule has 146 valence electrons. The Morgan fingerprint density at radius 1 is 1.26 bits per heavy atom. The van der Waals surface area contributed by atoms with Crippen molar-refractivity contribution < 1.29 is 14.1 Å². The van der Waals surface area contributed by atoms with Crippen molar-refractivity contribution in [2.45, 2.75) is 39.2 Å². The number of rotatable bonds is 9. The van der Waals surface area contributed by atoms with Gasteiger partial charge in [-0.1, -0.05) is 42.4 Å². The van der Waals surface area contributed by atoms with Gasteiger partial charge in [-0.3, -0.25) is 4.79 Å². The van der Waals surface area contributed by atoms with Gasteiger partial charge in [0.1, 0.15) is 5.69 Å². The lowest BCUT2D eigenvalue weighted by atomic mass is 10.1. The van der Waals surface area contributed by atoms with Crippen LogP contribution in [0.5, 0.6) is 0 Å². The molecule has 1 saturated heterocycles. The van der Waals surface area contributed by atoms with E-state index in [0.29, 0.717) is 26.1 Å². The number of hydrogen-bond donors (Lipinski definition) is 0. The maximum absolute atomic E-state index is 12.5. The van der Waals surface area contributed by atoms with Gasteiger partial charge in [0.15, 0.2) is 0 Å². The highest BCUT2D eigenvalue weighted by Gasteiger charge is 2.27. The molecule has 0 saturated carbocycles. The summed E-state index contributed by atoms with van der Waals surface area (Å²) in [7, 11) is 1.69. The molecule has 0 aliphatic carbocycles. The van der Waals surface area contributed by atoms with Crippen molar-refractivity contribution in [2.75, 3.05) is 38.3 Å². The molecule has 0 atom stereocenters. The van der Waals surface area contributed by atoms with Crippen molar-refractivity contribution >= 4 is 11.8 Å². The molecule has 2 aromatic rings. The van der Waals surface area contributed by atoms with E-state index in [0.717, 1.165) is 55.1 Å². The van der Waals surface area contributed by atoms with Crippen LogP contribution in [0.4, 0.5) is 5.88 Å². The highest BCUT2D eigenvalue weighted by atomic mass is 16.5. The minimum atomic E-state index is 0.138. The minimum Gasteiger partial charge on any atom is -0.385 e. The molecule has 0 spiro atoms. The third-order valence-electron chi connectivity index (χ3n) is 4.99. The number of benzene rings is 1. The number of aromatic nitrogens is 1. The Kier molecular flexibility index (Phi) is 6.87. The molecule has 0 N–H and O–H groups in total. The predicted molar refractivity (Wildman–Crippen MR) is 106 cm³/mol. The second kappa shape index (κ2) is 9.55. The van der Waals surface area contributed by atoms with E-state index in [9.17, 15) is 4.79 Å². The number of ether oxygens (including phenoxy) is 1. The number of amides is 1. The fourth-order valence-corrected chi connectivity index (χ4v) is 3.54. The Labute approximate surface area is 161 Å². The quantitative estimate of drug-likeness (QED) is 0.629. The van der Waals surface area contributed by atoms with Gasteiger partial charge in [0, 0.05) is 45.3 Å². The molecular formula is C21H29N3O3. The molecule has 1 amide bonds. The zero-order valence-electron chi connectivity index (χ0n) is 16.3. The monoisotopic (exact) mass is 371 g/mol. The summed E-state index contributed by atoms with van der Waals surface area (Å²) in [5.74, 6) is 0.950. The lowest BCUT2D eigenvalue weighted by Crippen LogP contribution is -2.32. The maximum atomic E-state index is 12.5. The third kappa shape index (κ3) is 4.69. The first-order valence-electron chi connectivity index (χ1n) is 9.80. The smallest absolute Gasteiger partial charge is 0.232 e. The Balaban J connectivity index is 1.92. The summed E-state index contributed by atoms with van der Waals surface area (Å²) < 4.78 is 10.9. The van der Waals surface area contributed by atoms with Crippen LogP contribution in [0, 0.1) is 0 Å². The van der Waals surface area contributed by atoms with E-state index >= 15 is 0 Å². The lowest BCUT2D eigenvalue weighted by molar-refractivity contribution is -0.131. The van der Waals surface area contributed by atoms with Crippen LogP contribution >= 0.6 is 0 Å². The Morgan fingerprint density at radius 3 is 2.67 bits per heavy atom. The summed E-state index contributed by atoms with van der Waals surface area (Å²) in [6.45, 7) is 5.67. The molecule has 2 heterocycles. The van der Waals surface area contributed by atoms with Gasteiger partial charge in [0.05, 0.1) is 12.1 Å². The van der Waals surface area contributed by atoms with Gasteiger partial charge in [-0.15, -0.1) is 0 Å². The van der Waals surface area contributed by atoms with Gasteiger partial charge < -0.3 is 19.1 Å². The summed E-state index contributed by atoms with van der Waals surface area (Å²) in [5.41, 5.74) is 2.85. The van der Waals surface area contributed by atoms with E-state index in [2.05, 4.69) is 10.1 Å². The Morgan fingerprint density at radius 2 is 2.00 bits per heavy atom. The second-order valence-electron chi connectivity index (χ2n) is 6.89. The topological polar surface area (TPSA) is 58.8 Å². The van der Waals surface area contributed by atoms with Gasteiger partial charge in [-0.05, 0) is 19.3 Å². The summed E-state index contributed by atoms with van der Waals surface area (Å²) in [6.07, 6.45) is 3.61. The Bertz CT molecular complexity index is 724. The van der Waals surface area contributed by atoms with Crippen LogP contribution in [0.1, 0.15) is 38.2 Å². The fourth-order valence-electron chi connectivity index (χ4n) is 3.54. The molecule has 0 unspecified atom stereocenters. The molecule has 1 fully saturated rings. The normalized spacial score (nSPS) is 13.9. The van der Waals surface area contributed by atoms with Gasteiger partial charge in [-0.2, -0.15) is 0 Å². The molecule has 3 rings (SSSR count). The van der Waals surface area contributed by atoms with Crippen LogP contribution in [0.2, 0.25) is 0 Å². The number of carbonyl (C=O) groups excluding carboxylic acids is 1. The largest absolute Gasteiger partial charge is 0.385 e. The summed E-state index contributed by atoms with van der Waals surface area (Å²) in [4.78, 5) is 16.7. The van der Waals surface area contributed by atoms with E-state index in [4.69, 9.17) is 9.26 Å². The van der Waals surface area contributed by atoms with Crippen LogP contribution in [-0.2, 0) is 16.1 Å². The van der Waals surface area contributed by atoms with Crippen molar-refractivity contribution in [3.63, 3.8) is 0 Å². The van der Waals surface area contributed by atoms with Crippen LogP contribution in [-0.4, -0.2) is 49.3 Å². The number of carbonyl (C=O) groups is 1. The highest BCUT2D eigenvalue weighted by molar-refractivity contribution is 5.77. The molecule has 27 heavy (non-hydrogen) atoms.